The first-order valence-corrected chi connectivity index (χ1v) is 6.13. The summed E-state index contributed by atoms with van der Waals surface area (Å²) in [6.45, 7) is 4.05. The lowest BCUT2D eigenvalue weighted by atomic mass is 10.2. The molecule has 2 N–H and O–H groups in total. The van der Waals surface area contributed by atoms with Gasteiger partial charge in [-0.1, -0.05) is 6.92 Å². The number of hydrogen-bond donors (Lipinski definition) is 1. The van der Waals surface area contributed by atoms with E-state index in [1.165, 1.54) is 11.8 Å². The summed E-state index contributed by atoms with van der Waals surface area (Å²) in [7, 11) is 0. The molecule has 0 spiro atoms. The minimum Gasteiger partial charge on any atom is -0.466 e. The van der Waals surface area contributed by atoms with Crippen LogP contribution in [0.5, 0.6) is 0 Å². The third-order valence-electron chi connectivity index (χ3n) is 1.96. The molecule has 0 aliphatic heterocycles. The number of carbonyl (C=O) groups excluding carboxylic acids is 1. The van der Waals surface area contributed by atoms with E-state index in [1.54, 1.807) is 25.3 Å². The van der Waals surface area contributed by atoms with Crippen molar-refractivity contribution in [3.63, 3.8) is 0 Å². The summed E-state index contributed by atoms with van der Waals surface area (Å²) in [5.74, 6) is 0.302. The molecular formula is C11H16N2O2S. The molecule has 1 aromatic heterocycles. The molecule has 0 aliphatic carbocycles. The fourth-order valence-electron chi connectivity index (χ4n) is 1.08. The van der Waals surface area contributed by atoms with Crippen LogP contribution in [0.4, 0.5) is 5.69 Å². The molecule has 1 aromatic rings. The number of rotatable bonds is 5. The first-order valence-electron chi connectivity index (χ1n) is 5.15. The average molecular weight is 240 g/mol. The molecule has 0 amide bonds. The van der Waals surface area contributed by atoms with Crippen LogP contribution in [0.3, 0.4) is 0 Å². The topological polar surface area (TPSA) is 65.2 Å². The SMILES string of the molecule is CCOC(=O)C(C)CSc1ncccc1N. The predicted molar refractivity (Wildman–Crippen MR) is 65.2 cm³/mol. The van der Waals surface area contributed by atoms with Crippen molar-refractivity contribution in [2.24, 2.45) is 5.92 Å². The molecule has 1 heterocycles. The Bertz CT molecular complexity index is 358. The Labute approximate surface area is 99.6 Å². The summed E-state index contributed by atoms with van der Waals surface area (Å²) in [6.07, 6.45) is 1.69. The van der Waals surface area contributed by atoms with Crippen LogP contribution in [0.1, 0.15) is 13.8 Å². The Morgan fingerprint density at radius 2 is 2.44 bits per heavy atom. The number of thioether (sulfide) groups is 1. The number of anilines is 1. The van der Waals surface area contributed by atoms with Gasteiger partial charge in [-0.15, -0.1) is 11.8 Å². The maximum absolute atomic E-state index is 11.4. The fraction of sp³-hybridized carbons (Fsp3) is 0.455. The van der Waals surface area contributed by atoms with Gasteiger partial charge < -0.3 is 10.5 Å². The molecule has 0 aromatic carbocycles. The summed E-state index contributed by atoms with van der Waals surface area (Å²) >= 11 is 1.47. The largest absolute Gasteiger partial charge is 0.466 e. The lowest BCUT2D eigenvalue weighted by Crippen LogP contribution is -2.16. The molecule has 1 atom stereocenters. The molecule has 0 bridgehead atoms. The van der Waals surface area contributed by atoms with E-state index >= 15 is 0 Å². The van der Waals surface area contributed by atoms with Gasteiger partial charge in [0, 0.05) is 11.9 Å². The highest BCUT2D eigenvalue weighted by Gasteiger charge is 2.14. The van der Waals surface area contributed by atoms with Crippen LogP contribution in [-0.2, 0) is 9.53 Å². The van der Waals surface area contributed by atoms with Crippen LogP contribution in [0.2, 0.25) is 0 Å². The highest BCUT2D eigenvalue weighted by atomic mass is 32.2. The molecular weight excluding hydrogens is 224 g/mol. The van der Waals surface area contributed by atoms with Crippen molar-refractivity contribution in [2.45, 2.75) is 18.9 Å². The number of pyridine rings is 1. The van der Waals surface area contributed by atoms with Crippen molar-refractivity contribution in [1.29, 1.82) is 0 Å². The van der Waals surface area contributed by atoms with E-state index in [2.05, 4.69) is 4.98 Å². The number of ether oxygens (including phenoxy) is 1. The van der Waals surface area contributed by atoms with Crippen LogP contribution in [0, 0.1) is 5.92 Å². The van der Waals surface area contributed by atoms with E-state index in [-0.39, 0.29) is 11.9 Å². The molecule has 0 radical (unpaired) electrons. The zero-order valence-electron chi connectivity index (χ0n) is 9.47. The number of hydrogen-bond acceptors (Lipinski definition) is 5. The predicted octanol–water partition coefficient (Wildman–Crippen LogP) is 1.96. The number of esters is 1. The van der Waals surface area contributed by atoms with Gasteiger partial charge in [0.2, 0.25) is 0 Å². The van der Waals surface area contributed by atoms with Crippen LogP contribution in [0.25, 0.3) is 0 Å². The van der Waals surface area contributed by atoms with Crippen molar-refractivity contribution < 1.29 is 9.53 Å². The molecule has 1 unspecified atom stereocenters. The van der Waals surface area contributed by atoms with Crippen LogP contribution < -0.4 is 5.73 Å². The van der Waals surface area contributed by atoms with Gasteiger partial charge in [0.05, 0.1) is 18.2 Å². The number of nitrogens with zero attached hydrogens (tertiary/aromatic N) is 1. The molecule has 0 saturated carbocycles. The minimum absolute atomic E-state index is 0.147. The van der Waals surface area contributed by atoms with Gasteiger partial charge in [0.25, 0.3) is 0 Å². The second kappa shape index (κ2) is 6.37. The highest BCUT2D eigenvalue weighted by molar-refractivity contribution is 7.99. The minimum atomic E-state index is -0.176. The van der Waals surface area contributed by atoms with E-state index in [0.717, 1.165) is 5.03 Å². The van der Waals surface area contributed by atoms with Crippen molar-refractivity contribution in [1.82, 2.24) is 4.98 Å². The average Bonchev–Trinajstić information content (AvgIpc) is 2.28. The quantitative estimate of drug-likeness (QED) is 0.629. The maximum Gasteiger partial charge on any atom is 0.309 e. The Balaban J connectivity index is 2.46. The molecule has 16 heavy (non-hydrogen) atoms. The normalized spacial score (nSPS) is 12.1. The Kier molecular flexibility index (Phi) is 5.11. The third kappa shape index (κ3) is 3.73. The third-order valence-corrected chi connectivity index (χ3v) is 3.24. The van der Waals surface area contributed by atoms with E-state index in [1.807, 2.05) is 6.92 Å². The number of nitrogens with two attached hydrogens (primary N) is 1. The second-order valence-electron chi connectivity index (χ2n) is 3.36. The van der Waals surface area contributed by atoms with Crippen molar-refractivity contribution in [2.75, 3.05) is 18.1 Å². The monoisotopic (exact) mass is 240 g/mol. The standard InChI is InChI=1S/C11H16N2O2S/c1-3-15-11(14)8(2)7-16-10-9(12)5-4-6-13-10/h4-6,8H,3,7,12H2,1-2H3. The second-order valence-corrected chi connectivity index (χ2v) is 4.37. The van der Waals surface area contributed by atoms with Gasteiger partial charge >= 0.3 is 5.97 Å². The molecule has 5 heteroatoms. The zero-order chi connectivity index (χ0) is 12.0. The Morgan fingerprint density at radius 1 is 1.69 bits per heavy atom. The lowest BCUT2D eigenvalue weighted by molar-refractivity contribution is -0.146. The summed E-state index contributed by atoms with van der Waals surface area (Å²) in [5, 5.41) is 0.763. The molecule has 88 valence electrons. The maximum atomic E-state index is 11.4. The zero-order valence-corrected chi connectivity index (χ0v) is 10.3. The van der Waals surface area contributed by atoms with Crippen LogP contribution in [0.15, 0.2) is 23.4 Å². The first kappa shape index (κ1) is 12.8. The fourth-order valence-corrected chi connectivity index (χ4v) is 1.99. The molecule has 4 nitrogen and oxygen atoms in total. The summed E-state index contributed by atoms with van der Waals surface area (Å²) in [5.41, 5.74) is 6.38. The van der Waals surface area contributed by atoms with E-state index < -0.39 is 0 Å². The van der Waals surface area contributed by atoms with E-state index in [4.69, 9.17) is 10.5 Å². The Morgan fingerprint density at radius 3 is 3.06 bits per heavy atom. The number of aromatic nitrogens is 1. The van der Waals surface area contributed by atoms with Crippen molar-refractivity contribution in [3.8, 4) is 0 Å². The summed E-state index contributed by atoms with van der Waals surface area (Å²) < 4.78 is 4.92. The van der Waals surface area contributed by atoms with Gasteiger partial charge in [-0.2, -0.15) is 0 Å². The summed E-state index contributed by atoms with van der Waals surface area (Å²) in [4.78, 5) is 15.5. The van der Waals surface area contributed by atoms with Crippen LogP contribution >= 0.6 is 11.8 Å². The number of carbonyl (C=O) groups is 1. The van der Waals surface area contributed by atoms with Gasteiger partial charge in [0.15, 0.2) is 0 Å². The molecule has 1 rings (SSSR count). The molecule has 0 aliphatic rings. The smallest absolute Gasteiger partial charge is 0.309 e. The molecule has 0 saturated heterocycles. The Hall–Kier alpha value is -1.23. The van der Waals surface area contributed by atoms with Crippen LogP contribution in [-0.4, -0.2) is 23.3 Å². The first-order chi connectivity index (χ1) is 7.65. The van der Waals surface area contributed by atoms with Gasteiger partial charge in [-0.05, 0) is 19.1 Å². The van der Waals surface area contributed by atoms with E-state index in [0.29, 0.717) is 18.0 Å². The number of nitrogen functional groups attached to an aromatic ring is 1. The lowest BCUT2D eigenvalue weighted by Gasteiger charge is -2.10. The van der Waals surface area contributed by atoms with Gasteiger partial charge in [-0.25, -0.2) is 4.98 Å². The summed E-state index contributed by atoms with van der Waals surface area (Å²) in [6, 6.07) is 3.58. The highest BCUT2D eigenvalue weighted by Crippen LogP contribution is 2.24. The van der Waals surface area contributed by atoms with E-state index in [9.17, 15) is 4.79 Å². The van der Waals surface area contributed by atoms with Crippen molar-refractivity contribution in [3.05, 3.63) is 18.3 Å². The molecule has 0 fully saturated rings. The van der Waals surface area contributed by atoms with Gasteiger partial charge in [-0.3, -0.25) is 4.79 Å². The van der Waals surface area contributed by atoms with Crippen molar-refractivity contribution >= 4 is 23.4 Å². The van der Waals surface area contributed by atoms with Gasteiger partial charge in [0.1, 0.15) is 5.03 Å².